The second-order valence-electron chi connectivity index (χ2n) is 4.33. The van der Waals surface area contributed by atoms with Gasteiger partial charge in [-0.05, 0) is 12.8 Å². The quantitative estimate of drug-likeness (QED) is 0.382. The zero-order valence-electron chi connectivity index (χ0n) is 10.3. The molecule has 0 bridgehead atoms. The Labute approximate surface area is 95.0 Å². The summed E-state index contributed by atoms with van der Waals surface area (Å²) in [5.74, 6) is 0. The fraction of sp³-hybridized carbons (Fsp3) is 0.857. The third kappa shape index (κ3) is 13.7. The minimum atomic E-state index is 0.660. The maximum absolute atomic E-state index is 11.6. The summed E-state index contributed by atoms with van der Waals surface area (Å²) < 4.78 is 11.6. The van der Waals surface area contributed by atoms with Gasteiger partial charge in [0, 0.05) is 0 Å². The first-order valence-electron chi connectivity index (χ1n) is 6.67. The molecule has 0 atom stereocenters. The Kier molecular flexibility index (Phi) is 13.4. The Bertz CT molecular complexity index is 129. The van der Waals surface area contributed by atoms with E-state index in [1.54, 1.807) is 6.08 Å². The van der Waals surface area contributed by atoms with Gasteiger partial charge in [-0.15, -0.1) is 0 Å². The van der Waals surface area contributed by atoms with Crippen molar-refractivity contribution in [1.29, 1.82) is 0 Å². The first kappa shape index (κ1) is 14.7. The van der Waals surface area contributed by atoms with Gasteiger partial charge in [0.25, 0.3) is 0 Å². The number of hydrogen-bond acceptors (Lipinski definition) is 0. The Balaban J connectivity index is 2.86. The molecule has 0 aliphatic carbocycles. The summed E-state index contributed by atoms with van der Waals surface area (Å²) in [6.45, 7) is 2.26. The van der Waals surface area contributed by atoms with E-state index in [4.69, 9.17) is 0 Å². The summed E-state index contributed by atoms with van der Waals surface area (Å²) in [7, 11) is 0. The molecule has 0 fully saturated rings. The summed E-state index contributed by atoms with van der Waals surface area (Å²) >= 11 is 0. The predicted octanol–water partition coefficient (Wildman–Crippen LogP) is 5.78. The molecule has 0 saturated carbocycles. The standard InChI is InChI=1S/C14H27F/c1-2-3-4-5-6-7-8-9-10-11-12-13-14-15/h13-14H,2-12H2,1H3. The highest BCUT2D eigenvalue weighted by atomic mass is 19.1. The van der Waals surface area contributed by atoms with E-state index in [0.717, 1.165) is 12.8 Å². The average Bonchev–Trinajstić information content (AvgIpc) is 2.26. The lowest BCUT2D eigenvalue weighted by Crippen LogP contribution is -1.81. The third-order valence-electron chi connectivity index (χ3n) is 2.81. The van der Waals surface area contributed by atoms with Crippen LogP contribution in [-0.2, 0) is 0 Å². The second-order valence-corrected chi connectivity index (χ2v) is 4.33. The van der Waals surface area contributed by atoms with Crippen molar-refractivity contribution in [3.05, 3.63) is 12.4 Å². The highest BCUT2D eigenvalue weighted by molar-refractivity contribution is 4.71. The van der Waals surface area contributed by atoms with Gasteiger partial charge in [-0.3, -0.25) is 0 Å². The van der Waals surface area contributed by atoms with Crippen LogP contribution in [0.3, 0.4) is 0 Å². The van der Waals surface area contributed by atoms with Crippen LogP contribution >= 0.6 is 0 Å². The molecule has 0 saturated heterocycles. The molecule has 0 unspecified atom stereocenters. The summed E-state index contributed by atoms with van der Waals surface area (Å²) in [5, 5.41) is 0. The van der Waals surface area contributed by atoms with E-state index < -0.39 is 0 Å². The van der Waals surface area contributed by atoms with E-state index in [2.05, 4.69) is 6.92 Å². The van der Waals surface area contributed by atoms with E-state index >= 15 is 0 Å². The molecular formula is C14H27F. The smallest absolute Gasteiger partial charge is 0.0827 e. The van der Waals surface area contributed by atoms with Crippen molar-refractivity contribution in [2.75, 3.05) is 0 Å². The van der Waals surface area contributed by atoms with Crippen molar-refractivity contribution in [2.45, 2.75) is 77.6 Å². The molecule has 1 heteroatoms. The van der Waals surface area contributed by atoms with Gasteiger partial charge >= 0.3 is 0 Å². The lowest BCUT2D eigenvalue weighted by Gasteiger charge is -2.00. The van der Waals surface area contributed by atoms with Crippen LogP contribution in [0.1, 0.15) is 77.6 Å². The summed E-state index contributed by atoms with van der Waals surface area (Å²) in [6, 6.07) is 0. The summed E-state index contributed by atoms with van der Waals surface area (Å²) in [6.07, 6.45) is 16.7. The largest absolute Gasteiger partial charge is 0.216 e. The fourth-order valence-electron chi connectivity index (χ4n) is 1.81. The maximum Gasteiger partial charge on any atom is 0.0827 e. The molecule has 0 rings (SSSR count). The van der Waals surface area contributed by atoms with Crippen molar-refractivity contribution in [1.82, 2.24) is 0 Å². The van der Waals surface area contributed by atoms with Gasteiger partial charge in [0.2, 0.25) is 0 Å². The molecule has 0 N–H and O–H groups in total. The molecule has 0 aliphatic heterocycles. The van der Waals surface area contributed by atoms with Crippen LogP contribution in [-0.4, -0.2) is 0 Å². The van der Waals surface area contributed by atoms with E-state index in [0.29, 0.717) is 6.33 Å². The third-order valence-corrected chi connectivity index (χ3v) is 2.81. The van der Waals surface area contributed by atoms with E-state index in [1.165, 1.54) is 57.8 Å². The van der Waals surface area contributed by atoms with Crippen molar-refractivity contribution in [3.63, 3.8) is 0 Å². The number of unbranched alkanes of at least 4 members (excludes halogenated alkanes) is 10. The molecular weight excluding hydrogens is 187 g/mol. The van der Waals surface area contributed by atoms with Crippen LogP contribution in [0.5, 0.6) is 0 Å². The molecule has 0 amide bonds. The highest BCUT2D eigenvalue weighted by Gasteiger charge is 1.91. The van der Waals surface area contributed by atoms with Crippen LogP contribution in [0.15, 0.2) is 12.4 Å². The lowest BCUT2D eigenvalue weighted by atomic mass is 10.1. The highest BCUT2D eigenvalue weighted by Crippen LogP contribution is 2.11. The normalized spacial score (nSPS) is 11.3. The fourth-order valence-corrected chi connectivity index (χ4v) is 1.81. The number of rotatable bonds is 11. The first-order valence-corrected chi connectivity index (χ1v) is 6.67. The van der Waals surface area contributed by atoms with Crippen LogP contribution in [0.25, 0.3) is 0 Å². The molecule has 15 heavy (non-hydrogen) atoms. The van der Waals surface area contributed by atoms with Gasteiger partial charge < -0.3 is 0 Å². The van der Waals surface area contributed by atoms with Gasteiger partial charge in [-0.25, -0.2) is 4.39 Å². The minimum absolute atomic E-state index is 0.660. The van der Waals surface area contributed by atoms with Crippen molar-refractivity contribution in [3.8, 4) is 0 Å². The van der Waals surface area contributed by atoms with Crippen molar-refractivity contribution >= 4 is 0 Å². The molecule has 0 nitrogen and oxygen atoms in total. The van der Waals surface area contributed by atoms with Crippen LogP contribution in [0.4, 0.5) is 4.39 Å². The monoisotopic (exact) mass is 214 g/mol. The zero-order valence-corrected chi connectivity index (χ0v) is 10.3. The number of allylic oxidation sites excluding steroid dienone is 1. The minimum Gasteiger partial charge on any atom is -0.216 e. The predicted molar refractivity (Wildman–Crippen MR) is 66.7 cm³/mol. The van der Waals surface area contributed by atoms with Gasteiger partial charge in [-0.1, -0.05) is 70.8 Å². The van der Waals surface area contributed by atoms with Crippen molar-refractivity contribution in [2.24, 2.45) is 0 Å². The Morgan fingerprint density at radius 3 is 1.67 bits per heavy atom. The SMILES string of the molecule is CCCCCCCCCCCCC=CF. The van der Waals surface area contributed by atoms with Gasteiger partial charge in [0.05, 0.1) is 6.33 Å². The van der Waals surface area contributed by atoms with Crippen LogP contribution in [0.2, 0.25) is 0 Å². The van der Waals surface area contributed by atoms with Crippen LogP contribution < -0.4 is 0 Å². The maximum atomic E-state index is 11.6. The molecule has 0 aromatic carbocycles. The summed E-state index contributed by atoms with van der Waals surface area (Å²) in [4.78, 5) is 0. The Morgan fingerprint density at radius 1 is 0.733 bits per heavy atom. The van der Waals surface area contributed by atoms with Gasteiger partial charge in [-0.2, -0.15) is 0 Å². The van der Waals surface area contributed by atoms with Crippen LogP contribution in [0, 0.1) is 0 Å². The van der Waals surface area contributed by atoms with Crippen molar-refractivity contribution < 1.29 is 4.39 Å². The molecule has 0 aromatic heterocycles. The topological polar surface area (TPSA) is 0 Å². The van der Waals surface area contributed by atoms with E-state index in [-0.39, 0.29) is 0 Å². The average molecular weight is 214 g/mol. The molecule has 0 aliphatic rings. The molecule has 90 valence electrons. The Hall–Kier alpha value is -0.330. The second kappa shape index (κ2) is 13.7. The first-order chi connectivity index (χ1) is 7.41. The lowest BCUT2D eigenvalue weighted by molar-refractivity contribution is 0.557. The summed E-state index contributed by atoms with van der Waals surface area (Å²) in [5.41, 5.74) is 0. The van der Waals surface area contributed by atoms with E-state index in [9.17, 15) is 4.39 Å². The van der Waals surface area contributed by atoms with E-state index in [1.807, 2.05) is 0 Å². The zero-order chi connectivity index (χ0) is 11.2. The molecule has 0 heterocycles. The molecule has 0 spiro atoms. The van der Waals surface area contributed by atoms with Gasteiger partial charge in [0.15, 0.2) is 0 Å². The number of halogens is 1. The number of hydrogen-bond donors (Lipinski definition) is 0. The molecule has 0 aromatic rings. The molecule has 0 radical (unpaired) electrons. The Morgan fingerprint density at radius 2 is 1.20 bits per heavy atom. The van der Waals surface area contributed by atoms with Gasteiger partial charge in [0.1, 0.15) is 0 Å².